The summed E-state index contributed by atoms with van der Waals surface area (Å²) in [5.74, 6) is -3.80. The van der Waals surface area contributed by atoms with Gasteiger partial charge in [-0.1, -0.05) is 161 Å². The van der Waals surface area contributed by atoms with Crippen LogP contribution in [0.3, 0.4) is 0 Å². The van der Waals surface area contributed by atoms with Gasteiger partial charge in [0.25, 0.3) is 23.2 Å². The molecule has 1 N–H and O–H groups in total. The number of halogens is 1. The van der Waals surface area contributed by atoms with Gasteiger partial charge < -0.3 is 33.9 Å². The van der Waals surface area contributed by atoms with E-state index < -0.39 is 98.2 Å². The van der Waals surface area contributed by atoms with Crippen molar-refractivity contribution in [2.75, 3.05) is 0 Å². The number of rotatable bonds is 16. The zero-order valence-corrected chi connectivity index (χ0v) is 51.6. The van der Waals surface area contributed by atoms with Crippen molar-refractivity contribution in [1.82, 2.24) is 19.8 Å². The molecule has 4 saturated heterocycles. The van der Waals surface area contributed by atoms with E-state index in [1.54, 1.807) is 36.4 Å². The SMILES string of the molecule is CC1(C)CC2/C(=C(/C(=O)O)c3ccccn3)C(=O)N2[C@H]1C(=O)OC(c1ccccc1)c1ccccc1.CC1(C)CC2/C(=C(/C(=O)Oc3ccc([N+](=O)[O-])cc3)c3ccccn3)C(=O)N2[C@H]1C(=O)OC(c1ccccc1)c1ccccc1.O=C(Cl)Oc1ccc([N+](=O)[O-])cc1. The van der Waals surface area contributed by atoms with E-state index in [1.807, 2.05) is 149 Å². The third-order valence-electron chi connectivity index (χ3n) is 16.4. The van der Waals surface area contributed by atoms with Crippen LogP contribution in [0.2, 0.25) is 0 Å². The van der Waals surface area contributed by atoms with Crippen LogP contribution in [-0.2, 0) is 38.2 Å². The predicted molar refractivity (Wildman–Crippen MR) is 341 cm³/mol. The number of carboxylic acids is 1. The number of aromatic nitrogens is 2. The van der Waals surface area contributed by atoms with Gasteiger partial charge in [0.2, 0.25) is 0 Å². The van der Waals surface area contributed by atoms with Gasteiger partial charge in [0.1, 0.15) is 23.6 Å². The summed E-state index contributed by atoms with van der Waals surface area (Å²) in [6.07, 6.45) is 2.52. The zero-order chi connectivity index (χ0) is 67.0. The average Bonchev–Trinajstić information content (AvgIpc) is 1.54. The number of hydrogen-bond donors (Lipinski definition) is 1. The first-order valence-electron chi connectivity index (χ1n) is 29.4. The lowest BCUT2D eigenvalue weighted by molar-refractivity contribution is -0.385. The molecule has 4 atom stereocenters. The fourth-order valence-electron chi connectivity index (χ4n) is 12.2. The summed E-state index contributed by atoms with van der Waals surface area (Å²) in [5, 5.41) is 31.2. The third kappa shape index (κ3) is 14.0. The second kappa shape index (κ2) is 27.9. The van der Waals surface area contributed by atoms with Gasteiger partial charge in [-0.05, 0) is 94.5 Å². The van der Waals surface area contributed by atoms with Crippen molar-refractivity contribution in [3.8, 4) is 11.5 Å². The highest BCUT2D eigenvalue weighted by molar-refractivity contribution is 6.61. The van der Waals surface area contributed by atoms with E-state index in [4.69, 9.17) is 25.8 Å². The average molecular weight is 1290 g/mol. The lowest BCUT2D eigenvalue weighted by Crippen LogP contribution is -2.58. The summed E-state index contributed by atoms with van der Waals surface area (Å²) < 4.78 is 22.3. The van der Waals surface area contributed by atoms with Gasteiger partial charge in [0.05, 0.1) is 55.6 Å². The number of hydrogen-bond acceptors (Lipinski definition) is 17. The number of aliphatic carboxylic acids is 1. The van der Waals surface area contributed by atoms with Crippen molar-refractivity contribution in [1.29, 1.82) is 0 Å². The summed E-state index contributed by atoms with van der Waals surface area (Å²) >= 11 is 4.92. The van der Waals surface area contributed by atoms with Gasteiger partial charge in [-0.3, -0.25) is 39.8 Å². The molecule has 12 rings (SSSR count). The highest BCUT2D eigenvalue weighted by Gasteiger charge is 2.64. The molecule has 0 saturated carbocycles. The molecule has 23 heteroatoms. The molecule has 2 amide bonds. The van der Waals surface area contributed by atoms with Crippen molar-refractivity contribution >= 4 is 75.2 Å². The lowest BCUT2D eigenvalue weighted by atomic mass is 9.82. The second-order valence-corrected chi connectivity index (χ2v) is 23.8. The Morgan fingerprint density at radius 2 is 0.830 bits per heavy atom. The number of amides is 2. The number of ether oxygens (including phenoxy) is 4. The number of esters is 3. The Hall–Kier alpha value is -11.5. The van der Waals surface area contributed by atoms with Gasteiger partial charge in [0, 0.05) is 48.3 Å². The van der Waals surface area contributed by atoms with Crippen LogP contribution in [0.4, 0.5) is 16.2 Å². The topological polar surface area (TPSA) is 295 Å². The van der Waals surface area contributed by atoms with Crippen LogP contribution in [0.5, 0.6) is 11.5 Å². The zero-order valence-electron chi connectivity index (χ0n) is 50.8. The first-order valence-corrected chi connectivity index (χ1v) is 29.8. The van der Waals surface area contributed by atoms with Gasteiger partial charge >= 0.3 is 29.3 Å². The van der Waals surface area contributed by atoms with Crippen LogP contribution in [0.25, 0.3) is 11.1 Å². The monoisotopic (exact) mass is 1290 g/mol. The molecule has 0 spiro atoms. The number of carboxylic acid groups (broad SMARTS) is 1. The molecular formula is C71H59ClN6O16. The predicted octanol–water partition coefficient (Wildman–Crippen LogP) is 12.3. The Bertz CT molecular complexity index is 4160. The molecule has 4 fully saturated rings. The van der Waals surface area contributed by atoms with Crippen molar-refractivity contribution < 1.29 is 67.5 Å². The maximum atomic E-state index is 14.0. The van der Waals surface area contributed by atoms with E-state index in [0.29, 0.717) is 12.8 Å². The number of pyridine rings is 2. The maximum absolute atomic E-state index is 14.0. The molecule has 0 radical (unpaired) electrons. The number of carbonyl (C=O) groups excluding carboxylic acids is 6. The molecule has 476 valence electrons. The largest absolute Gasteiger partial charge is 0.478 e. The molecule has 0 bridgehead atoms. The lowest BCUT2D eigenvalue weighted by Gasteiger charge is -2.42. The third-order valence-corrected chi connectivity index (χ3v) is 16.4. The van der Waals surface area contributed by atoms with E-state index in [-0.39, 0.29) is 56.6 Å². The van der Waals surface area contributed by atoms with Crippen LogP contribution in [0, 0.1) is 31.1 Å². The molecule has 4 aliphatic rings. The highest BCUT2D eigenvalue weighted by atomic mass is 35.5. The van der Waals surface area contributed by atoms with Gasteiger partial charge in [0.15, 0.2) is 12.2 Å². The number of nitrogens with zero attached hydrogens (tertiary/aromatic N) is 6. The quantitative estimate of drug-likeness (QED) is 0.0179. The van der Waals surface area contributed by atoms with E-state index in [1.165, 1.54) is 70.7 Å². The van der Waals surface area contributed by atoms with Crippen molar-refractivity contribution in [3.63, 3.8) is 0 Å². The number of fused-ring (bicyclic) bond motifs is 2. The number of nitro benzene ring substituents is 2. The van der Waals surface area contributed by atoms with Crippen LogP contribution >= 0.6 is 11.6 Å². The minimum atomic E-state index is -1.21. The Kier molecular flexibility index (Phi) is 19.4. The summed E-state index contributed by atoms with van der Waals surface area (Å²) in [6.45, 7) is 7.61. The molecule has 94 heavy (non-hydrogen) atoms. The number of nitro groups is 2. The molecule has 4 aliphatic heterocycles. The smallest absolute Gasteiger partial charge is 0.409 e. The summed E-state index contributed by atoms with van der Waals surface area (Å²) in [5.41, 5.74) is 1.45. The number of carbonyl (C=O) groups is 7. The number of non-ortho nitro benzene ring substituents is 2. The van der Waals surface area contributed by atoms with E-state index in [9.17, 15) is 58.9 Å². The fourth-order valence-corrected chi connectivity index (χ4v) is 12.3. The second-order valence-electron chi connectivity index (χ2n) is 23.5. The summed E-state index contributed by atoms with van der Waals surface area (Å²) in [7, 11) is 0. The van der Waals surface area contributed by atoms with Crippen molar-refractivity contribution in [2.24, 2.45) is 10.8 Å². The first kappa shape index (κ1) is 65.4. The normalized spacial score (nSPS) is 18.8. The van der Waals surface area contributed by atoms with Gasteiger partial charge in [-0.15, -0.1) is 0 Å². The maximum Gasteiger partial charge on any atom is 0.409 e. The number of β-lactam (4-membered cyclic amide) rings is 2. The Labute approximate surface area is 543 Å². The molecule has 6 aromatic carbocycles. The molecule has 2 unspecified atom stereocenters. The molecular weight excluding hydrogens is 1230 g/mol. The van der Waals surface area contributed by atoms with Gasteiger partial charge in [-0.2, -0.15) is 0 Å². The van der Waals surface area contributed by atoms with Crippen molar-refractivity contribution in [2.45, 2.75) is 76.9 Å². The van der Waals surface area contributed by atoms with Crippen LogP contribution < -0.4 is 9.47 Å². The summed E-state index contributed by atoms with van der Waals surface area (Å²) in [6, 6.07) is 54.9. The molecule has 8 aromatic rings. The minimum absolute atomic E-state index is 0.0172. The standard InChI is InChI=1S/C35H29N3O7.C29H26N2O5.C7H4ClNO4/c1-35(2)21-27-29(28(26-15-9-10-20-36-26)33(40)44-25-18-16-24(17-19-25)38(42)43)32(39)37(27)31(35)34(41)45-30(22-11-5-3-6-12-22)23-13-7-4-8-14-23;1-29(2)17-21-23(22(27(33)34)20-15-9-10-16-30-20)26(32)31(21)25(29)28(35)36-24(18-11-5-3-6-12-18)19-13-7-4-8-14-19;8-7(10)13-6-3-1-5(2-4-6)9(11)12/h3-20,27,30-31H,21H2,1-2H3;3-16,21,24-25H,17H2,1-2H3,(H,33,34);1-4H/b29-28-;23-22-;/t27?,31-;21?,25-;/m00./s1. The fraction of sp³-hybridized carbons (Fsp3) is 0.197. The highest BCUT2D eigenvalue weighted by Crippen LogP contribution is 2.53. The molecule has 22 nitrogen and oxygen atoms in total. The number of benzene rings is 6. The first-order chi connectivity index (χ1) is 45.0. The van der Waals surface area contributed by atoms with E-state index >= 15 is 0 Å². The summed E-state index contributed by atoms with van der Waals surface area (Å²) in [4.78, 5) is 123. The van der Waals surface area contributed by atoms with E-state index in [0.717, 1.165) is 22.3 Å². The molecule has 0 aliphatic carbocycles. The Morgan fingerprint density at radius 3 is 1.15 bits per heavy atom. The van der Waals surface area contributed by atoms with Crippen LogP contribution in [0.1, 0.15) is 86.4 Å². The van der Waals surface area contributed by atoms with E-state index in [2.05, 4.69) is 14.7 Å². The van der Waals surface area contributed by atoms with Crippen LogP contribution in [0.15, 0.2) is 230 Å². The minimum Gasteiger partial charge on any atom is -0.478 e. The molecule has 6 heterocycles. The van der Waals surface area contributed by atoms with Gasteiger partial charge in [-0.25, -0.2) is 24.0 Å². The van der Waals surface area contributed by atoms with Crippen molar-refractivity contribution in [3.05, 3.63) is 284 Å². The van der Waals surface area contributed by atoms with Crippen LogP contribution in [-0.4, -0.2) is 100 Å². The Morgan fingerprint density at radius 1 is 0.500 bits per heavy atom. The Balaban J connectivity index is 0.000000175. The molecule has 2 aromatic heterocycles.